The lowest BCUT2D eigenvalue weighted by atomic mass is 10.1. The first-order valence-electron chi connectivity index (χ1n) is 8.94. The van der Waals surface area contributed by atoms with Crippen molar-refractivity contribution in [3.8, 4) is 5.75 Å². The van der Waals surface area contributed by atoms with Crippen LogP contribution >= 0.6 is 0 Å². The number of anilines is 1. The van der Waals surface area contributed by atoms with E-state index in [2.05, 4.69) is 10.6 Å². The molecule has 6 heteroatoms. The van der Waals surface area contributed by atoms with Crippen LogP contribution in [0.5, 0.6) is 5.75 Å². The molecule has 0 bridgehead atoms. The molecule has 2 aromatic rings. The molecule has 2 amide bonds. The van der Waals surface area contributed by atoms with Crippen LogP contribution in [0.3, 0.4) is 0 Å². The summed E-state index contributed by atoms with van der Waals surface area (Å²) in [6.45, 7) is 6.02. The Bertz CT molecular complexity index is 747. The van der Waals surface area contributed by atoms with E-state index < -0.39 is 18.0 Å². The van der Waals surface area contributed by atoms with E-state index in [1.165, 1.54) is 0 Å². The van der Waals surface area contributed by atoms with Crippen molar-refractivity contribution in [3.05, 3.63) is 60.2 Å². The molecular formula is C21H26N2O4. The van der Waals surface area contributed by atoms with Crippen LogP contribution in [0.25, 0.3) is 0 Å². The fraction of sp³-hybridized carbons (Fsp3) is 0.333. The lowest BCUT2D eigenvalue weighted by Crippen LogP contribution is -2.47. The molecule has 144 valence electrons. The van der Waals surface area contributed by atoms with E-state index in [4.69, 9.17) is 9.47 Å². The fourth-order valence-electron chi connectivity index (χ4n) is 2.42. The van der Waals surface area contributed by atoms with E-state index in [9.17, 15) is 9.59 Å². The first-order chi connectivity index (χ1) is 13.0. The zero-order valence-corrected chi connectivity index (χ0v) is 15.9. The monoisotopic (exact) mass is 370 g/mol. The molecule has 0 aliphatic carbocycles. The predicted molar refractivity (Wildman–Crippen MR) is 105 cm³/mol. The Hall–Kier alpha value is -3.02. The fourth-order valence-corrected chi connectivity index (χ4v) is 2.42. The van der Waals surface area contributed by atoms with Gasteiger partial charge in [-0.3, -0.25) is 0 Å². The summed E-state index contributed by atoms with van der Waals surface area (Å²) >= 11 is 0. The van der Waals surface area contributed by atoms with Gasteiger partial charge in [0.2, 0.25) is 0 Å². The number of ether oxygens (including phenoxy) is 2. The lowest BCUT2D eigenvalue weighted by Gasteiger charge is -2.21. The average Bonchev–Trinajstić information content (AvgIpc) is 2.64. The number of amides is 2. The van der Waals surface area contributed by atoms with E-state index in [1.54, 1.807) is 12.1 Å². The van der Waals surface area contributed by atoms with Crippen LogP contribution in [0.2, 0.25) is 0 Å². The lowest BCUT2D eigenvalue weighted by molar-refractivity contribution is -0.147. The topological polar surface area (TPSA) is 76.7 Å². The van der Waals surface area contributed by atoms with Gasteiger partial charge in [0.05, 0.1) is 0 Å². The summed E-state index contributed by atoms with van der Waals surface area (Å²) < 4.78 is 10.8. The van der Waals surface area contributed by atoms with Gasteiger partial charge < -0.3 is 20.1 Å². The van der Waals surface area contributed by atoms with Gasteiger partial charge in [0, 0.05) is 5.69 Å². The summed E-state index contributed by atoms with van der Waals surface area (Å²) in [6, 6.07) is 15.5. The Morgan fingerprint density at radius 1 is 1.00 bits per heavy atom. The third-order valence-corrected chi connectivity index (χ3v) is 3.82. The molecule has 0 saturated heterocycles. The summed E-state index contributed by atoms with van der Waals surface area (Å²) in [7, 11) is 0. The molecular weight excluding hydrogens is 344 g/mol. The van der Waals surface area contributed by atoms with Crippen LogP contribution in [-0.2, 0) is 9.53 Å². The molecule has 0 aliphatic heterocycles. The minimum absolute atomic E-state index is 0.109. The van der Waals surface area contributed by atoms with Crippen LogP contribution in [0, 0.1) is 12.8 Å². The highest BCUT2D eigenvalue weighted by molar-refractivity contribution is 5.92. The van der Waals surface area contributed by atoms with Crippen LogP contribution in [0.15, 0.2) is 54.6 Å². The van der Waals surface area contributed by atoms with E-state index in [-0.39, 0.29) is 19.1 Å². The van der Waals surface area contributed by atoms with E-state index in [1.807, 2.05) is 63.2 Å². The van der Waals surface area contributed by atoms with E-state index >= 15 is 0 Å². The predicted octanol–water partition coefficient (Wildman–Crippen LogP) is 3.76. The number of hydrogen-bond acceptors (Lipinski definition) is 4. The van der Waals surface area contributed by atoms with Gasteiger partial charge in [0.15, 0.2) is 0 Å². The smallest absolute Gasteiger partial charge is 0.329 e. The van der Waals surface area contributed by atoms with Crippen molar-refractivity contribution in [1.29, 1.82) is 0 Å². The number of nitrogens with one attached hydrogen (secondary N) is 2. The SMILES string of the molecule is Cc1cccc(OCCOC(=O)[C@@H](NC(=O)Nc2ccccc2)C(C)C)c1. The van der Waals surface area contributed by atoms with Crippen molar-refractivity contribution in [2.24, 2.45) is 5.92 Å². The highest BCUT2D eigenvalue weighted by Gasteiger charge is 2.25. The average molecular weight is 370 g/mol. The number of para-hydroxylation sites is 1. The summed E-state index contributed by atoms with van der Waals surface area (Å²) in [6.07, 6.45) is 0. The van der Waals surface area contributed by atoms with Crippen molar-refractivity contribution >= 4 is 17.7 Å². The largest absolute Gasteiger partial charge is 0.490 e. The molecule has 0 spiro atoms. The van der Waals surface area contributed by atoms with Crippen LogP contribution < -0.4 is 15.4 Å². The van der Waals surface area contributed by atoms with Gasteiger partial charge in [-0.1, -0.05) is 44.2 Å². The molecule has 2 aromatic carbocycles. The van der Waals surface area contributed by atoms with Crippen molar-refractivity contribution in [2.45, 2.75) is 26.8 Å². The van der Waals surface area contributed by atoms with Gasteiger partial charge in [-0.05, 0) is 42.7 Å². The Kier molecular flexibility index (Phi) is 7.67. The van der Waals surface area contributed by atoms with Crippen LogP contribution in [0.1, 0.15) is 19.4 Å². The molecule has 6 nitrogen and oxygen atoms in total. The number of rotatable bonds is 8. The van der Waals surface area contributed by atoms with Crippen molar-refractivity contribution in [2.75, 3.05) is 18.5 Å². The third-order valence-electron chi connectivity index (χ3n) is 3.82. The van der Waals surface area contributed by atoms with Gasteiger partial charge in [-0.25, -0.2) is 9.59 Å². The Morgan fingerprint density at radius 2 is 1.74 bits per heavy atom. The number of aryl methyl sites for hydroxylation is 1. The molecule has 0 aliphatic rings. The molecule has 1 atom stereocenters. The van der Waals surface area contributed by atoms with Gasteiger partial charge in [0.1, 0.15) is 25.0 Å². The maximum Gasteiger partial charge on any atom is 0.329 e. The first-order valence-corrected chi connectivity index (χ1v) is 8.94. The second-order valence-electron chi connectivity index (χ2n) is 6.52. The molecule has 0 heterocycles. The van der Waals surface area contributed by atoms with Gasteiger partial charge >= 0.3 is 12.0 Å². The van der Waals surface area contributed by atoms with E-state index in [0.717, 1.165) is 11.3 Å². The Morgan fingerprint density at radius 3 is 2.41 bits per heavy atom. The van der Waals surface area contributed by atoms with Gasteiger partial charge in [-0.2, -0.15) is 0 Å². The van der Waals surface area contributed by atoms with Crippen LogP contribution in [0.4, 0.5) is 10.5 Å². The number of urea groups is 1. The molecule has 0 fully saturated rings. The minimum Gasteiger partial charge on any atom is -0.490 e. The molecule has 0 aromatic heterocycles. The Balaban J connectivity index is 1.79. The van der Waals surface area contributed by atoms with Crippen molar-refractivity contribution in [3.63, 3.8) is 0 Å². The summed E-state index contributed by atoms with van der Waals surface area (Å²) in [4.78, 5) is 24.4. The van der Waals surface area contributed by atoms with E-state index in [0.29, 0.717) is 5.69 Å². The highest BCUT2D eigenvalue weighted by Crippen LogP contribution is 2.12. The maximum atomic E-state index is 12.3. The first kappa shape index (κ1) is 20.3. The minimum atomic E-state index is -0.743. The normalized spacial score (nSPS) is 11.6. The van der Waals surface area contributed by atoms with Crippen molar-refractivity contribution < 1.29 is 19.1 Å². The molecule has 0 radical (unpaired) electrons. The molecule has 2 N–H and O–H groups in total. The molecule has 27 heavy (non-hydrogen) atoms. The number of hydrogen-bond donors (Lipinski definition) is 2. The third kappa shape index (κ3) is 7.01. The molecule has 0 unspecified atom stereocenters. The quantitative estimate of drug-likeness (QED) is 0.548. The second kappa shape index (κ2) is 10.2. The van der Waals surface area contributed by atoms with Crippen molar-refractivity contribution in [1.82, 2.24) is 5.32 Å². The van der Waals surface area contributed by atoms with Crippen LogP contribution in [-0.4, -0.2) is 31.3 Å². The standard InChI is InChI=1S/C21H26N2O4/c1-15(2)19(23-21(25)22-17-9-5-4-6-10-17)20(24)27-13-12-26-18-11-7-8-16(3)14-18/h4-11,14-15,19H,12-13H2,1-3H3,(H2,22,23,25)/t19-/m0/s1. The second-order valence-corrected chi connectivity index (χ2v) is 6.52. The molecule has 0 saturated carbocycles. The van der Waals surface area contributed by atoms with Gasteiger partial charge in [0.25, 0.3) is 0 Å². The zero-order valence-electron chi connectivity index (χ0n) is 15.9. The highest BCUT2D eigenvalue weighted by atomic mass is 16.6. The number of esters is 1. The molecule has 2 rings (SSSR count). The summed E-state index contributed by atoms with van der Waals surface area (Å²) in [5, 5.41) is 5.36. The Labute approximate surface area is 159 Å². The maximum absolute atomic E-state index is 12.3. The zero-order chi connectivity index (χ0) is 19.6. The summed E-state index contributed by atoms with van der Waals surface area (Å²) in [5.41, 5.74) is 1.75. The number of carbonyl (C=O) groups excluding carboxylic acids is 2. The summed E-state index contributed by atoms with van der Waals surface area (Å²) in [5.74, 6) is 0.129. The number of benzene rings is 2. The number of carbonyl (C=O) groups is 2. The van der Waals surface area contributed by atoms with Gasteiger partial charge in [-0.15, -0.1) is 0 Å².